The third-order valence-corrected chi connectivity index (χ3v) is 8.78. The van der Waals surface area contributed by atoms with Crippen LogP contribution in [0.3, 0.4) is 0 Å². The summed E-state index contributed by atoms with van der Waals surface area (Å²) in [5.41, 5.74) is 6.33. The SMILES string of the molecule is Cc1cccc(N2CCN(C(=O)Cn3nc(C(=O)N4CCC(NC(=O)CCO)CC4)c4c3CCCC4)CC2)c1C. The van der Waals surface area contributed by atoms with Gasteiger partial charge in [0.1, 0.15) is 6.54 Å². The number of piperazine rings is 1. The van der Waals surface area contributed by atoms with Crippen LogP contribution in [0.5, 0.6) is 0 Å². The second-order valence-electron chi connectivity index (χ2n) is 11.3. The molecule has 1 aromatic heterocycles. The molecule has 1 aromatic carbocycles. The summed E-state index contributed by atoms with van der Waals surface area (Å²) in [7, 11) is 0. The third kappa shape index (κ3) is 6.01. The van der Waals surface area contributed by atoms with E-state index in [1.54, 1.807) is 4.68 Å². The maximum Gasteiger partial charge on any atom is 0.274 e. The largest absolute Gasteiger partial charge is 0.396 e. The van der Waals surface area contributed by atoms with E-state index in [2.05, 4.69) is 42.3 Å². The number of hydrogen-bond donors (Lipinski definition) is 2. The van der Waals surface area contributed by atoms with Crippen LogP contribution in [0.4, 0.5) is 5.69 Å². The summed E-state index contributed by atoms with van der Waals surface area (Å²) < 4.78 is 1.79. The Hall–Kier alpha value is -3.40. The standard InChI is InChI=1S/C30H42N6O4/c1-21-6-5-9-25(22(21)2)33-15-17-34(18-16-33)28(39)20-36-26-8-4-3-7-24(26)29(32-36)30(40)35-13-10-23(11-14-35)31-27(38)12-19-37/h5-6,9,23,37H,3-4,7-8,10-20H2,1-2H3,(H,31,38). The molecule has 3 heterocycles. The number of hydrogen-bond acceptors (Lipinski definition) is 6. The number of aliphatic hydroxyl groups is 1. The Labute approximate surface area is 236 Å². The number of nitrogens with zero attached hydrogens (tertiary/aromatic N) is 5. The summed E-state index contributed by atoms with van der Waals surface area (Å²) in [6.07, 6.45) is 5.16. The number of anilines is 1. The molecule has 1 aliphatic carbocycles. The Morgan fingerprint density at radius 1 is 0.975 bits per heavy atom. The summed E-state index contributed by atoms with van der Waals surface area (Å²) in [4.78, 5) is 44.9. The predicted octanol–water partition coefficient (Wildman–Crippen LogP) is 1.83. The van der Waals surface area contributed by atoms with E-state index in [9.17, 15) is 14.4 Å². The van der Waals surface area contributed by atoms with Crippen molar-refractivity contribution < 1.29 is 19.5 Å². The number of benzene rings is 1. The van der Waals surface area contributed by atoms with Gasteiger partial charge in [-0.1, -0.05) is 12.1 Å². The Kier molecular flexibility index (Phi) is 8.73. The third-order valence-electron chi connectivity index (χ3n) is 8.78. The van der Waals surface area contributed by atoms with Crippen molar-refractivity contribution in [2.75, 3.05) is 50.8 Å². The van der Waals surface area contributed by atoms with Crippen molar-refractivity contribution >= 4 is 23.4 Å². The summed E-state index contributed by atoms with van der Waals surface area (Å²) in [6, 6.07) is 6.39. The Bertz CT molecular complexity index is 1240. The van der Waals surface area contributed by atoms with Gasteiger partial charge in [-0.3, -0.25) is 19.1 Å². The quantitative estimate of drug-likeness (QED) is 0.544. The zero-order chi connectivity index (χ0) is 28.2. The number of piperidine rings is 1. The Morgan fingerprint density at radius 3 is 2.42 bits per heavy atom. The van der Waals surface area contributed by atoms with Gasteiger partial charge in [-0.25, -0.2) is 0 Å². The average Bonchev–Trinajstić information content (AvgIpc) is 3.33. The van der Waals surface area contributed by atoms with Crippen molar-refractivity contribution in [1.29, 1.82) is 0 Å². The van der Waals surface area contributed by atoms with Crippen LogP contribution in [0.2, 0.25) is 0 Å². The highest BCUT2D eigenvalue weighted by atomic mass is 16.3. The fourth-order valence-corrected chi connectivity index (χ4v) is 6.25. The first-order chi connectivity index (χ1) is 19.4. The van der Waals surface area contributed by atoms with Gasteiger partial charge in [0, 0.05) is 68.7 Å². The first kappa shape index (κ1) is 28.1. The number of aryl methyl sites for hydroxylation is 1. The van der Waals surface area contributed by atoms with E-state index in [0.29, 0.717) is 44.7 Å². The molecule has 2 aliphatic heterocycles. The predicted molar refractivity (Wildman–Crippen MR) is 152 cm³/mol. The zero-order valence-electron chi connectivity index (χ0n) is 23.8. The number of amides is 3. The Balaban J connectivity index is 1.21. The topological polar surface area (TPSA) is 111 Å². The molecule has 5 rings (SSSR count). The van der Waals surface area contributed by atoms with Gasteiger partial charge in [-0.05, 0) is 69.6 Å². The molecule has 0 bridgehead atoms. The van der Waals surface area contributed by atoms with E-state index in [1.807, 2.05) is 9.80 Å². The molecule has 10 heteroatoms. The van der Waals surface area contributed by atoms with Gasteiger partial charge < -0.3 is 25.1 Å². The van der Waals surface area contributed by atoms with Gasteiger partial charge in [0.25, 0.3) is 5.91 Å². The summed E-state index contributed by atoms with van der Waals surface area (Å²) >= 11 is 0. The molecule has 3 aliphatic rings. The lowest BCUT2D eigenvalue weighted by molar-refractivity contribution is -0.132. The second-order valence-corrected chi connectivity index (χ2v) is 11.3. The maximum atomic E-state index is 13.6. The van der Waals surface area contributed by atoms with E-state index >= 15 is 0 Å². The molecule has 0 radical (unpaired) electrons. The van der Waals surface area contributed by atoms with Crippen LogP contribution in [-0.2, 0) is 29.0 Å². The summed E-state index contributed by atoms with van der Waals surface area (Å²) in [5, 5.41) is 16.6. The second kappa shape index (κ2) is 12.4. The molecule has 2 N–H and O–H groups in total. The van der Waals surface area contributed by atoms with Crippen molar-refractivity contribution in [3.05, 3.63) is 46.3 Å². The molecule has 2 saturated heterocycles. The maximum absolute atomic E-state index is 13.6. The highest BCUT2D eigenvalue weighted by molar-refractivity contribution is 5.94. The van der Waals surface area contributed by atoms with Crippen LogP contribution >= 0.6 is 0 Å². The lowest BCUT2D eigenvalue weighted by Gasteiger charge is -2.37. The molecule has 216 valence electrons. The van der Waals surface area contributed by atoms with Crippen LogP contribution in [0.25, 0.3) is 0 Å². The summed E-state index contributed by atoms with van der Waals surface area (Å²) in [6.45, 7) is 8.33. The molecular formula is C30H42N6O4. The number of likely N-dealkylation sites (tertiary alicyclic amines) is 1. The van der Waals surface area contributed by atoms with Gasteiger partial charge in [0.2, 0.25) is 11.8 Å². The fraction of sp³-hybridized carbons (Fsp3) is 0.600. The van der Waals surface area contributed by atoms with Gasteiger partial charge in [0.15, 0.2) is 5.69 Å². The van der Waals surface area contributed by atoms with Crippen molar-refractivity contribution in [2.24, 2.45) is 0 Å². The van der Waals surface area contributed by atoms with E-state index in [-0.39, 0.29) is 43.3 Å². The van der Waals surface area contributed by atoms with E-state index in [0.717, 1.165) is 50.0 Å². The van der Waals surface area contributed by atoms with Crippen molar-refractivity contribution in [3.63, 3.8) is 0 Å². The van der Waals surface area contributed by atoms with Crippen LogP contribution in [0.1, 0.15) is 65.0 Å². The minimum atomic E-state index is -0.164. The number of carbonyl (C=O) groups is 3. The lowest BCUT2D eigenvalue weighted by atomic mass is 9.95. The molecule has 40 heavy (non-hydrogen) atoms. The van der Waals surface area contributed by atoms with Crippen LogP contribution in [0, 0.1) is 13.8 Å². The number of rotatable bonds is 7. The zero-order valence-corrected chi connectivity index (χ0v) is 23.8. The number of aliphatic hydroxyl groups excluding tert-OH is 1. The highest BCUT2D eigenvalue weighted by Gasteiger charge is 2.32. The molecule has 0 saturated carbocycles. The molecule has 3 amide bonds. The molecular weight excluding hydrogens is 508 g/mol. The van der Waals surface area contributed by atoms with Gasteiger partial charge in [-0.2, -0.15) is 5.10 Å². The molecule has 0 spiro atoms. The molecule has 2 aromatic rings. The molecule has 0 atom stereocenters. The lowest BCUT2D eigenvalue weighted by Crippen LogP contribution is -2.50. The normalized spacial score (nSPS) is 18.0. The Morgan fingerprint density at radius 2 is 1.70 bits per heavy atom. The van der Waals surface area contributed by atoms with E-state index in [4.69, 9.17) is 10.2 Å². The number of aromatic nitrogens is 2. The summed E-state index contributed by atoms with van der Waals surface area (Å²) in [5.74, 6) is -0.182. The molecule has 10 nitrogen and oxygen atoms in total. The van der Waals surface area contributed by atoms with E-state index in [1.165, 1.54) is 16.8 Å². The fourth-order valence-electron chi connectivity index (χ4n) is 6.25. The smallest absolute Gasteiger partial charge is 0.274 e. The number of carbonyl (C=O) groups excluding carboxylic acids is 3. The van der Waals surface area contributed by atoms with Crippen molar-refractivity contribution in [2.45, 2.75) is 71.4 Å². The minimum Gasteiger partial charge on any atom is -0.396 e. The van der Waals surface area contributed by atoms with Crippen molar-refractivity contribution in [3.8, 4) is 0 Å². The van der Waals surface area contributed by atoms with Gasteiger partial charge in [-0.15, -0.1) is 0 Å². The van der Waals surface area contributed by atoms with Gasteiger partial charge in [0.05, 0.1) is 6.61 Å². The first-order valence-electron chi connectivity index (χ1n) is 14.7. The molecule has 0 unspecified atom stereocenters. The first-order valence-corrected chi connectivity index (χ1v) is 14.7. The van der Waals surface area contributed by atoms with Crippen LogP contribution in [-0.4, -0.2) is 94.3 Å². The average molecular weight is 551 g/mol. The monoisotopic (exact) mass is 550 g/mol. The van der Waals surface area contributed by atoms with Crippen LogP contribution in [0.15, 0.2) is 18.2 Å². The number of fused-ring (bicyclic) bond motifs is 1. The van der Waals surface area contributed by atoms with Crippen molar-refractivity contribution in [1.82, 2.24) is 24.9 Å². The minimum absolute atomic E-state index is 0.0162. The van der Waals surface area contributed by atoms with E-state index < -0.39 is 0 Å². The molecule has 2 fully saturated rings. The highest BCUT2D eigenvalue weighted by Crippen LogP contribution is 2.27. The van der Waals surface area contributed by atoms with Gasteiger partial charge >= 0.3 is 0 Å². The number of nitrogens with one attached hydrogen (secondary N) is 1. The van der Waals surface area contributed by atoms with Crippen LogP contribution < -0.4 is 10.2 Å².